The molecule has 0 amide bonds. The van der Waals surface area contributed by atoms with E-state index < -0.39 is 9.84 Å². The fourth-order valence-corrected chi connectivity index (χ4v) is 4.69. The summed E-state index contributed by atoms with van der Waals surface area (Å²) in [5.74, 6) is 2.74. The van der Waals surface area contributed by atoms with Gasteiger partial charge in [0.05, 0.1) is 24.7 Å². The lowest BCUT2D eigenvalue weighted by Crippen LogP contribution is -2.35. The number of sulfone groups is 1. The Morgan fingerprint density at radius 3 is 2.79 bits per heavy atom. The van der Waals surface area contributed by atoms with Gasteiger partial charge in [0, 0.05) is 31.8 Å². The summed E-state index contributed by atoms with van der Waals surface area (Å²) in [6.07, 6.45) is 1.57. The first-order chi connectivity index (χ1) is 11.6. The number of anilines is 1. The normalized spacial score (nSPS) is 22.7. The summed E-state index contributed by atoms with van der Waals surface area (Å²) in [5, 5.41) is 6.39. The van der Waals surface area contributed by atoms with Crippen LogP contribution in [0.2, 0.25) is 0 Å². The maximum absolute atomic E-state index is 11.5. The SMILES string of the molecule is CN=C(NCC1CCS(=O)(=O)C1)Nc1ccc2c(c1)OCCCO2. The summed E-state index contributed by atoms with van der Waals surface area (Å²) in [4.78, 5) is 4.18. The molecule has 132 valence electrons. The molecule has 0 radical (unpaired) electrons. The number of guanidine groups is 1. The number of benzene rings is 1. The molecule has 0 saturated carbocycles. The van der Waals surface area contributed by atoms with Gasteiger partial charge in [0.25, 0.3) is 0 Å². The van der Waals surface area contributed by atoms with Crippen molar-refractivity contribution in [3.05, 3.63) is 18.2 Å². The molecule has 1 aromatic carbocycles. The molecule has 8 heteroatoms. The molecule has 2 aliphatic heterocycles. The molecule has 3 rings (SSSR count). The highest BCUT2D eigenvalue weighted by atomic mass is 32.2. The second-order valence-corrected chi connectivity index (χ2v) is 8.29. The van der Waals surface area contributed by atoms with Gasteiger partial charge in [0.15, 0.2) is 27.3 Å². The Kier molecular flexibility index (Phi) is 5.13. The van der Waals surface area contributed by atoms with Crippen molar-refractivity contribution in [2.24, 2.45) is 10.9 Å². The third-order valence-corrected chi connectivity index (χ3v) is 5.96. The van der Waals surface area contributed by atoms with Gasteiger partial charge in [-0.1, -0.05) is 0 Å². The largest absolute Gasteiger partial charge is 0.490 e. The molecule has 24 heavy (non-hydrogen) atoms. The van der Waals surface area contributed by atoms with E-state index in [1.165, 1.54) is 0 Å². The first-order valence-electron chi connectivity index (χ1n) is 8.13. The van der Waals surface area contributed by atoms with Crippen LogP contribution in [0.1, 0.15) is 12.8 Å². The lowest BCUT2D eigenvalue weighted by Gasteiger charge is -2.15. The highest BCUT2D eigenvalue weighted by Crippen LogP contribution is 2.32. The molecule has 1 saturated heterocycles. The summed E-state index contributed by atoms with van der Waals surface area (Å²) in [6.45, 7) is 1.89. The number of nitrogens with one attached hydrogen (secondary N) is 2. The Labute approximate surface area is 142 Å². The number of aliphatic imine (C=N–C) groups is 1. The van der Waals surface area contributed by atoms with E-state index in [1.54, 1.807) is 7.05 Å². The van der Waals surface area contributed by atoms with E-state index in [-0.39, 0.29) is 17.4 Å². The lowest BCUT2D eigenvalue weighted by molar-refractivity contribution is 0.297. The van der Waals surface area contributed by atoms with E-state index in [2.05, 4.69) is 15.6 Å². The number of nitrogens with zero attached hydrogens (tertiary/aromatic N) is 1. The Morgan fingerprint density at radius 2 is 2.08 bits per heavy atom. The van der Waals surface area contributed by atoms with Crippen LogP contribution in [0.3, 0.4) is 0 Å². The zero-order valence-corrected chi connectivity index (χ0v) is 14.6. The van der Waals surface area contributed by atoms with Crippen LogP contribution >= 0.6 is 0 Å². The van der Waals surface area contributed by atoms with Gasteiger partial charge in [-0.25, -0.2) is 8.42 Å². The monoisotopic (exact) mass is 353 g/mol. The van der Waals surface area contributed by atoms with Gasteiger partial charge < -0.3 is 20.1 Å². The van der Waals surface area contributed by atoms with E-state index in [0.717, 1.165) is 23.6 Å². The zero-order chi connectivity index (χ0) is 17.0. The minimum atomic E-state index is -2.85. The van der Waals surface area contributed by atoms with Crippen molar-refractivity contribution < 1.29 is 17.9 Å². The van der Waals surface area contributed by atoms with E-state index in [9.17, 15) is 8.42 Å². The fourth-order valence-electron chi connectivity index (χ4n) is 2.83. The van der Waals surface area contributed by atoms with E-state index in [4.69, 9.17) is 9.47 Å². The summed E-state index contributed by atoms with van der Waals surface area (Å²) < 4.78 is 34.3. The molecular weight excluding hydrogens is 330 g/mol. The third-order valence-electron chi connectivity index (χ3n) is 4.12. The fraction of sp³-hybridized carbons (Fsp3) is 0.562. The van der Waals surface area contributed by atoms with Crippen LogP contribution in [0.25, 0.3) is 0 Å². The molecule has 7 nitrogen and oxygen atoms in total. The molecule has 1 atom stereocenters. The van der Waals surface area contributed by atoms with Crippen LogP contribution in [0.4, 0.5) is 5.69 Å². The Bertz CT molecular complexity index is 718. The number of hydrogen-bond acceptors (Lipinski definition) is 5. The van der Waals surface area contributed by atoms with Crippen molar-refractivity contribution in [3.8, 4) is 11.5 Å². The maximum atomic E-state index is 11.5. The van der Waals surface area contributed by atoms with Gasteiger partial charge in [-0.2, -0.15) is 0 Å². The molecule has 1 aromatic rings. The van der Waals surface area contributed by atoms with Gasteiger partial charge in [-0.3, -0.25) is 4.99 Å². The molecule has 2 aliphatic rings. The van der Waals surface area contributed by atoms with Crippen LogP contribution < -0.4 is 20.1 Å². The molecule has 0 aliphatic carbocycles. The third kappa shape index (κ3) is 4.31. The number of rotatable bonds is 3. The first kappa shape index (κ1) is 16.9. The van der Waals surface area contributed by atoms with Crippen molar-refractivity contribution in [1.29, 1.82) is 0 Å². The van der Waals surface area contributed by atoms with Crippen molar-refractivity contribution in [3.63, 3.8) is 0 Å². The van der Waals surface area contributed by atoms with Gasteiger partial charge in [-0.05, 0) is 24.5 Å². The van der Waals surface area contributed by atoms with Crippen LogP contribution in [-0.4, -0.2) is 52.7 Å². The quantitative estimate of drug-likeness (QED) is 0.628. The lowest BCUT2D eigenvalue weighted by atomic mass is 10.1. The second kappa shape index (κ2) is 7.29. The van der Waals surface area contributed by atoms with E-state index >= 15 is 0 Å². The van der Waals surface area contributed by atoms with Crippen LogP contribution in [0.5, 0.6) is 11.5 Å². The average molecular weight is 353 g/mol. The molecule has 2 N–H and O–H groups in total. The molecule has 1 fully saturated rings. The zero-order valence-electron chi connectivity index (χ0n) is 13.7. The van der Waals surface area contributed by atoms with Crippen LogP contribution in [0, 0.1) is 5.92 Å². The topological polar surface area (TPSA) is 89.0 Å². The first-order valence-corrected chi connectivity index (χ1v) is 9.95. The summed E-state index contributed by atoms with van der Waals surface area (Å²) in [5.41, 5.74) is 0.839. The van der Waals surface area contributed by atoms with Crippen LogP contribution in [0.15, 0.2) is 23.2 Å². The second-order valence-electron chi connectivity index (χ2n) is 6.06. The standard InChI is InChI=1S/C16H23N3O4S/c1-17-16(18-10-12-5-8-24(20,21)11-12)19-13-3-4-14-15(9-13)23-7-2-6-22-14/h3-4,9,12H,2,5-8,10-11H2,1H3,(H2,17,18,19). The van der Waals surface area contributed by atoms with Gasteiger partial charge in [-0.15, -0.1) is 0 Å². The molecule has 0 bridgehead atoms. The Hall–Kier alpha value is -1.96. The number of ether oxygens (including phenoxy) is 2. The molecule has 1 unspecified atom stereocenters. The van der Waals surface area contributed by atoms with Crippen LogP contribution in [-0.2, 0) is 9.84 Å². The van der Waals surface area contributed by atoms with Crippen molar-refractivity contribution in [1.82, 2.24) is 5.32 Å². The Balaban J connectivity index is 1.58. The van der Waals surface area contributed by atoms with Crippen molar-refractivity contribution in [2.45, 2.75) is 12.8 Å². The Morgan fingerprint density at radius 1 is 1.29 bits per heavy atom. The maximum Gasteiger partial charge on any atom is 0.195 e. The van der Waals surface area contributed by atoms with Gasteiger partial charge >= 0.3 is 0 Å². The smallest absolute Gasteiger partial charge is 0.195 e. The predicted octanol–water partition coefficient (Wildman–Crippen LogP) is 1.27. The minimum Gasteiger partial charge on any atom is -0.490 e. The predicted molar refractivity (Wildman–Crippen MR) is 93.8 cm³/mol. The minimum absolute atomic E-state index is 0.136. The van der Waals surface area contributed by atoms with Crippen molar-refractivity contribution >= 4 is 21.5 Å². The average Bonchev–Trinajstić information content (AvgIpc) is 2.77. The summed E-state index contributed by atoms with van der Waals surface area (Å²) in [6, 6.07) is 5.66. The molecular formula is C16H23N3O4S. The van der Waals surface area contributed by atoms with Crippen molar-refractivity contribution in [2.75, 3.05) is 43.6 Å². The summed E-state index contributed by atoms with van der Waals surface area (Å²) in [7, 11) is -1.17. The van der Waals surface area contributed by atoms with Gasteiger partial charge in [0.1, 0.15) is 0 Å². The van der Waals surface area contributed by atoms with Gasteiger partial charge in [0.2, 0.25) is 0 Å². The number of fused-ring (bicyclic) bond motifs is 1. The highest BCUT2D eigenvalue weighted by molar-refractivity contribution is 7.91. The number of hydrogen-bond donors (Lipinski definition) is 2. The highest BCUT2D eigenvalue weighted by Gasteiger charge is 2.27. The summed E-state index contributed by atoms with van der Waals surface area (Å²) >= 11 is 0. The molecule has 0 spiro atoms. The van der Waals surface area contributed by atoms with E-state index in [1.807, 2.05) is 18.2 Å². The molecule has 0 aromatic heterocycles. The van der Waals surface area contributed by atoms with E-state index in [0.29, 0.717) is 32.1 Å². The molecule has 2 heterocycles.